The van der Waals surface area contributed by atoms with Gasteiger partial charge in [-0.3, -0.25) is 4.79 Å². The van der Waals surface area contributed by atoms with E-state index < -0.39 is 0 Å². The molecule has 4 heteroatoms. The molecule has 0 N–H and O–H groups in total. The first-order valence-electron chi connectivity index (χ1n) is 6.64. The molecule has 0 fully saturated rings. The number of fused-ring (bicyclic) bond motifs is 1. The molecule has 1 aliphatic heterocycles. The lowest BCUT2D eigenvalue weighted by Crippen LogP contribution is -2.26. The molecule has 1 amide bonds. The lowest BCUT2D eigenvalue weighted by molar-refractivity contribution is -0.126. The van der Waals surface area contributed by atoms with Gasteiger partial charge in [0.25, 0.3) is 0 Å². The van der Waals surface area contributed by atoms with Crippen molar-refractivity contribution in [2.75, 3.05) is 0 Å². The molecule has 0 bridgehead atoms. The van der Waals surface area contributed by atoms with Crippen molar-refractivity contribution in [3.63, 3.8) is 0 Å². The van der Waals surface area contributed by atoms with E-state index in [9.17, 15) is 4.79 Å². The Kier molecular flexibility index (Phi) is 4.04. The van der Waals surface area contributed by atoms with Crippen molar-refractivity contribution < 1.29 is 4.79 Å². The van der Waals surface area contributed by atoms with Gasteiger partial charge in [0.1, 0.15) is 0 Å². The standard InChI is InChI=1S/C17H14ClNOS/c1-12(20)19-10-14-4-2-3-5-17(14)21-11-16(19)13-6-8-15(18)9-7-13/h2-9,11H,10H2,1H3. The highest BCUT2D eigenvalue weighted by Gasteiger charge is 2.21. The second-order valence-electron chi connectivity index (χ2n) is 4.84. The van der Waals surface area contributed by atoms with Crippen molar-refractivity contribution in [3.8, 4) is 0 Å². The van der Waals surface area contributed by atoms with Gasteiger partial charge in [-0.2, -0.15) is 0 Å². The van der Waals surface area contributed by atoms with E-state index in [1.807, 2.05) is 46.7 Å². The molecule has 21 heavy (non-hydrogen) atoms. The van der Waals surface area contributed by atoms with Crippen molar-refractivity contribution >= 4 is 35.0 Å². The van der Waals surface area contributed by atoms with Crippen LogP contribution in [0.4, 0.5) is 0 Å². The van der Waals surface area contributed by atoms with Crippen LogP contribution in [0.2, 0.25) is 5.02 Å². The molecule has 106 valence electrons. The summed E-state index contributed by atoms with van der Waals surface area (Å²) in [6, 6.07) is 15.8. The van der Waals surface area contributed by atoms with Crippen molar-refractivity contribution in [2.45, 2.75) is 18.4 Å². The largest absolute Gasteiger partial charge is 0.307 e. The Morgan fingerprint density at radius 2 is 1.86 bits per heavy atom. The van der Waals surface area contributed by atoms with Crippen molar-refractivity contribution in [1.29, 1.82) is 0 Å². The van der Waals surface area contributed by atoms with Gasteiger partial charge in [0.15, 0.2) is 0 Å². The Balaban J connectivity index is 2.04. The minimum Gasteiger partial charge on any atom is -0.307 e. The van der Waals surface area contributed by atoms with Crippen molar-refractivity contribution in [2.24, 2.45) is 0 Å². The van der Waals surface area contributed by atoms with Crippen LogP contribution in [-0.2, 0) is 11.3 Å². The number of hydrogen-bond acceptors (Lipinski definition) is 2. The number of nitrogens with zero attached hydrogens (tertiary/aromatic N) is 1. The summed E-state index contributed by atoms with van der Waals surface area (Å²) in [7, 11) is 0. The van der Waals surface area contributed by atoms with E-state index in [1.165, 1.54) is 4.90 Å². The number of carbonyl (C=O) groups excluding carboxylic acids is 1. The van der Waals surface area contributed by atoms with E-state index in [0.29, 0.717) is 11.6 Å². The molecule has 0 saturated carbocycles. The van der Waals surface area contributed by atoms with Gasteiger partial charge >= 0.3 is 0 Å². The molecule has 0 saturated heterocycles. The fourth-order valence-electron chi connectivity index (χ4n) is 2.31. The van der Waals surface area contributed by atoms with Crippen LogP contribution < -0.4 is 0 Å². The normalized spacial score (nSPS) is 14.2. The first-order chi connectivity index (χ1) is 10.1. The second-order valence-corrected chi connectivity index (χ2v) is 6.19. The highest BCUT2D eigenvalue weighted by atomic mass is 35.5. The average Bonchev–Trinajstić information content (AvgIpc) is 2.68. The van der Waals surface area contributed by atoms with Gasteiger partial charge in [0.05, 0.1) is 12.2 Å². The van der Waals surface area contributed by atoms with Gasteiger partial charge in [0.2, 0.25) is 5.91 Å². The van der Waals surface area contributed by atoms with Crippen LogP contribution in [0.1, 0.15) is 18.1 Å². The van der Waals surface area contributed by atoms with Crippen LogP contribution >= 0.6 is 23.4 Å². The smallest absolute Gasteiger partial charge is 0.224 e. The zero-order valence-corrected chi connectivity index (χ0v) is 13.1. The number of halogens is 1. The summed E-state index contributed by atoms with van der Waals surface area (Å²) in [6.45, 7) is 2.19. The highest BCUT2D eigenvalue weighted by molar-refractivity contribution is 8.02. The zero-order valence-electron chi connectivity index (χ0n) is 11.5. The number of rotatable bonds is 1. The lowest BCUT2D eigenvalue weighted by atomic mass is 10.1. The lowest BCUT2D eigenvalue weighted by Gasteiger charge is -2.23. The SMILES string of the molecule is CC(=O)N1Cc2ccccc2SC=C1c1ccc(Cl)cc1. The summed E-state index contributed by atoms with van der Waals surface area (Å²) in [6.07, 6.45) is 0. The number of amides is 1. The monoisotopic (exact) mass is 315 g/mol. The Morgan fingerprint density at radius 1 is 1.14 bits per heavy atom. The van der Waals surface area contributed by atoms with Crippen LogP contribution in [0.5, 0.6) is 0 Å². The Labute approximate surface area is 133 Å². The highest BCUT2D eigenvalue weighted by Crippen LogP contribution is 2.35. The molecule has 2 aromatic carbocycles. The Hall–Kier alpha value is -1.71. The first kappa shape index (κ1) is 14.2. The molecule has 2 aromatic rings. The Bertz CT molecular complexity index is 709. The molecule has 0 aromatic heterocycles. The van der Waals surface area contributed by atoms with Crippen LogP contribution in [0.3, 0.4) is 0 Å². The molecule has 0 spiro atoms. The molecular weight excluding hydrogens is 302 g/mol. The fraction of sp³-hybridized carbons (Fsp3) is 0.118. The van der Waals surface area contributed by atoms with E-state index in [0.717, 1.165) is 16.8 Å². The van der Waals surface area contributed by atoms with Gasteiger partial charge in [-0.05, 0) is 29.3 Å². The van der Waals surface area contributed by atoms with E-state index in [1.54, 1.807) is 18.7 Å². The summed E-state index contributed by atoms with van der Waals surface area (Å²) < 4.78 is 0. The third kappa shape index (κ3) is 2.99. The van der Waals surface area contributed by atoms with Crippen LogP contribution in [-0.4, -0.2) is 10.8 Å². The second kappa shape index (κ2) is 5.96. The summed E-state index contributed by atoms with van der Waals surface area (Å²) >= 11 is 7.60. The van der Waals surface area contributed by atoms with Gasteiger partial charge in [-0.1, -0.05) is 53.7 Å². The summed E-state index contributed by atoms with van der Waals surface area (Å²) in [5.41, 5.74) is 3.08. The predicted octanol–water partition coefficient (Wildman–Crippen LogP) is 4.79. The zero-order chi connectivity index (χ0) is 14.8. The Morgan fingerprint density at radius 3 is 2.57 bits per heavy atom. The summed E-state index contributed by atoms with van der Waals surface area (Å²) in [5, 5.41) is 2.73. The molecule has 0 unspecified atom stereocenters. The third-order valence-corrected chi connectivity index (χ3v) is 4.65. The van der Waals surface area contributed by atoms with Gasteiger partial charge in [0, 0.05) is 22.2 Å². The molecule has 3 rings (SSSR count). The van der Waals surface area contributed by atoms with E-state index >= 15 is 0 Å². The minimum atomic E-state index is 0.0357. The van der Waals surface area contributed by atoms with Gasteiger partial charge in [-0.25, -0.2) is 0 Å². The van der Waals surface area contributed by atoms with Crippen LogP contribution in [0, 0.1) is 0 Å². The number of thioether (sulfide) groups is 1. The molecular formula is C17H14ClNOS. The maximum absolute atomic E-state index is 12.1. The molecule has 1 aliphatic rings. The number of carbonyl (C=O) groups is 1. The van der Waals surface area contributed by atoms with Gasteiger partial charge in [-0.15, -0.1) is 0 Å². The molecule has 0 radical (unpaired) electrons. The minimum absolute atomic E-state index is 0.0357. The van der Waals surface area contributed by atoms with Crippen molar-refractivity contribution in [1.82, 2.24) is 4.90 Å². The topological polar surface area (TPSA) is 20.3 Å². The maximum Gasteiger partial charge on any atom is 0.224 e. The van der Waals surface area contributed by atoms with Crippen molar-refractivity contribution in [3.05, 3.63) is 70.1 Å². The molecule has 0 aliphatic carbocycles. The maximum atomic E-state index is 12.1. The number of benzene rings is 2. The predicted molar refractivity (Wildman–Crippen MR) is 88.0 cm³/mol. The molecule has 1 heterocycles. The van der Waals surface area contributed by atoms with Crippen LogP contribution in [0.25, 0.3) is 5.70 Å². The molecule has 2 nitrogen and oxygen atoms in total. The third-order valence-electron chi connectivity index (χ3n) is 3.41. The quantitative estimate of drug-likeness (QED) is 0.754. The van der Waals surface area contributed by atoms with Crippen LogP contribution in [0.15, 0.2) is 58.8 Å². The fourth-order valence-corrected chi connectivity index (χ4v) is 3.38. The number of hydrogen-bond donors (Lipinski definition) is 0. The van der Waals surface area contributed by atoms with E-state index in [2.05, 4.69) is 12.1 Å². The van der Waals surface area contributed by atoms with E-state index in [4.69, 9.17) is 11.6 Å². The first-order valence-corrected chi connectivity index (χ1v) is 7.89. The van der Waals surface area contributed by atoms with Gasteiger partial charge < -0.3 is 4.90 Å². The summed E-state index contributed by atoms with van der Waals surface area (Å²) in [4.78, 5) is 15.1. The van der Waals surface area contributed by atoms with E-state index in [-0.39, 0.29) is 5.91 Å². The average molecular weight is 316 g/mol. The molecule has 0 atom stereocenters. The summed E-state index contributed by atoms with van der Waals surface area (Å²) in [5.74, 6) is 0.0357.